The highest BCUT2D eigenvalue weighted by Crippen LogP contribution is 2.40. The molecule has 0 saturated carbocycles. The molecule has 0 amide bonds. The van der Waals surface area contributed by atoms with E-state index in [0.29, 0.717) is 5.76 Å². The van der Waals surface area contributed by atoms with Crippen molar-refractivity contribution in [3.8, 4) is 0 Å². The monoisotopic (exact) mass is 259 g/mol. The third-order valence-electron chi connectivity index (χ3n) is 3.62. The van der Waals surface area contributed by atoms with Gasteiger partial charge in [0.05, 0.1) is 14.2 Å². The quantitative estimate of drug-likeness (QED) is 0.886. The molecule has 1 aliphatic carbocycles. The van der Waals surface area contributed by atoms with E-state index in [1.165, 1.54) is 0 Å². The van der Waals surface area contributed by atoms with E-state index in [1.54, 1.807) is 14.2 Å². The zero-order chi connectivity index (χ0) is 13.6. The molecule has 19 heavy (non-hydrogen) atoms. The summed E-state index contributed by atoms with van der Waals surface area (Å²) in [5.41, 5.74) is 3.25. The van der Waals surface area contributed by atoms with Gasteiger partial charge in [-0.1, -0.05) is 0 Å². The van der Waals surface area contributed by atoms with Crippen LogP contribution < -0.4 is 0 Å². The van der Waals surface area contributed by atoms with E-state index in [0.717, 1.165) is 22.6 Å². The molecule has 2 atom stereocenters. The van der Waals surface area contributed by atoms with E-state index in [4.69, 9.17) is 9.47 Å². The van der Waals surface area contributed by atoms with Gasteiger partial charge in [0.15, 0.2) is 11.5 Å². The number of aliphatic hydroxyl groups excluding tert-OH is 1. The van der Waals surface area contributed by atoms with Crippen molar-refractivity contribution >= 4 is 0 Å². The third-order valence-corrected chi connectivity index (χ3v) is 3.62. The maximum absolute atomic E-state index is 10.2. The van der Waals surface area contributed by atoms with Crippen LogP contribution in [0.1, 0.15) is 23.4 Å². The van der Waals surface area contributed by atoms with Gasteiger partial charge in [0.1, 0.15) is 6.23 Å². The second-order valence-corrected chi connectivity index (χ2v) is 4.86. The number of aryl methyl sites for hydroxylation is 1. The van der Waals surface area contributed by atoms with Crippen molar-refractivity contribution in [2.45, 2.75) is 19.1 Å². The minimum Gasteiger partial charge on any atom is -0.493 e. The van der Waals surface area contributed by atoms with Gasteiger partial charge in [-0.05, 0) is 42.4 Å². The van der Waals surface area contributed by atoms with E-state index in [9.17, 15) is 5.11 Å². The molecule has 4 heteroatoms. The Hall–Kier alpha value is -1.94. The van der Waals surface area contributed by atoms with E-state index < -0.39 is 6.23 Å². The molecule has 0 aromatic carbocycles. The van der Waals surface area contributed by atoms with Gasteiger partial charge in [0.25, 0.3) is 0 Å². The molecule has 1 aliphatic heterocycles. The average molecular weight is 259 g/mol. The van der Waals surface area contributed by atoms with Crippen molar-refractivity contribution < 1.29 is 14.6 Å². The first-order valence-corrected chi connectivity index (χ1v) is 6.24. The Morgan fingerprint density at radius 3 is 2.58 bits per heavy atom. The summed E-state index contributed by atoms with van der Waals surface area (Å²) in [4.78, 5) is 0. The fraction of sp³-hybridized carbons (Fsp3) is 0.333. The van der Waals surface area contributed by atoms with Crippen molar-refractivity contribution in [3.63, 3.8) is 0 Å². The fourth-order valence-electron chi connectivity index (χ4n) is 2.75. The second kappa shape index (κ2) is 4.31. The Morgan fingerprint density at radius 2 is 1.89 bits per heavy atom. The number of allylic oxidation sites excluding steroid dienone is 3. The molecule has 0 spiro atoms. The molecule has 0 saturated heterocycles. The van der Waals surface area contributed by atoms with Crippen molar-refractivity contribution in [2.75, 3.05) is 14.2 Å². The number of methoxy groups -OCH3 is 2. The number of ether oxygens (including phenoxy) is 2. The van der Waals surface area contributed by atoms with Crippen LogP contribution in [0.25, 0.3) is 0 Å². The van der Waals surface area contributed by atoms with Gasteiger partial charge in [-0.15, -0.1) is 0 Å². The minimum absolute atomic E-state index is 0.103. The average Bonchev–Trinajstić information content (AvgIpc) is 2.80. The molecule has 0 radical (unpaired) electrons. The van der Waals surface area contributed by atoms with Crippen molar-refractivity contribution in [2.24, 2.45) is 0 Å². The van der Waals surface area contributed by atoms with Crippen molar-refractivity contribution in [1.29, 1.82) is 0 Å². The number of hydrogen-bond acceptors (Lipinski definition) is 3. The van der Waals surface area contributed by atoms with Crippen LogP contribution in [0.3, 0.4) is 0 Å². The van der Waals surface area contributed by atoms with Gasteiger partial charge < -0.3 is 19.1 Å². The summed E-state index contributed by atoms with van der Waals surface area (Å²) in [7, 11) is 3.25. The summed E-state index contributed by atoms with van der Waals surface area (Å²) in [6, 6.07) is 2.09. The molecule has 2 aliphatic rings. The third kappa shape index (κ3) is 1.79. The molecule has 0 bridgehead atoms. The summed E-state index contributed by atoms with van der Waals surface area (Å²) >= 11 is 0. The lowest BCUT2D eigenvalue weighted by atomic mass is 9.87. The molecule has 100 valence electrons. The highest BCUT2D eigenvalue weighted by Gasteiger charge is 2.30. The van der Waals surface area contributed by atoms with Crippen LogP contribution in [0.15, 0.2) is 47.6 Å². The highest BCUT2D eigenvalue weighted by atomic mass is 16.5. The molecular formula is C15H17NO3. The normalized spacial score (nSPS) is 24.7. The maximum atomic E-state index is 10.2. The lowest BCUT2D eigenvalue weighted by Gasteiger charge is -2.29. The maximum Gasteiger partial charge on any atom is 0.160 e. The van der Waals surface area contributed by atoms with E-state index in [-0.39, 0.29) is 5.92 Å². The highest BCUT2D eigenvalue weighted by molar-refractivity contribution is 5.49. The number of rotatable bonds is 2. The smallest absolute Gasteiger partial charge is 0.160 e. The molecule has 2 heterocycles. The standard InChI is InChI=1S/C15H17NO3/c1-9-4-12-11-7-14(19-3)13(18-2)5-10(11)6-15(17)16(12)8-9/h4-8,11,15,17H,1-3H3. The first-order chi connectivity index (χ1) is 9.13. The summed E-state index contributed by atoms with van der Waals surface area (Å²) in [5, 5.41) is 10.2. The topological polar surface area (TPSA) is 43.6 Å². The number of aromatic nitrogens is 1. The van der Waals surface area contributed by atoms with Crippen LogP contribution in [0.4, 0.5) is 0 Å². The molecule has 4 nitrogen and oxygen atoms in total. The number of nitrogens with zero attached hydrogens (tertiary/aromatic N) is 1. The number of aliphatic hydroxyl groups is 1. The Kier molecular flexibility index (Phi) is 2.75. The zero-order valence-electron chi connectivity index (χ0n) is 11.3. The van der Waals surface area contributed by atoms with Gasteiger partial charge in [0, 0.05) is 17.8 Å². The minimum atomic E-state index is -0.623. The van der Waals surface area contributed by atoms with Crippen molar-refractivity contribution in [3.05, 3.63) is 58.8 Å². The number of fused-ring (bicyclic) bond motifs is 3. The predicted octanol–water partition coefficient (Wildman–Crippen LogP) is 2.39. The molecular weight excluding hydrogens is 242 g/mol. The largest absolute Gasteiger partial charge is 0.493 e. The molecule has 0 fully saturated rings. The molecule has 1 N–H and O–H groups in total. The summed E-state index contributed by atoms with van der Waals surface area (Å²) in [6.45, 7) is 2.03. The Morgan fingerprint density at radius 1 is 1.16 bits per heavy atom. The van der Waals surface area contributed by atoms with E-state index >= 15 is 0 Å². The lowest BCUT2D eigenvalue weighted by molar-refractivity contribution is 0.145. The number of hydrogen-bond donors (Lipinski definition) is 1. The van der Waals surface area contributed by atoms with Crippen LogP contribution in [-0.2, 0) is 9.47 Å². The summed E-state index contributed by atoms with van der Waals surface area (Å²) in [6.07, 6.45) is 7.14. The molecule has 3 rings (SSSR count). The summed E-state index contributed by atoms with van der Waals surface area (Å²) < 4.78 is 12.6. The second-order valence-electron chi connectivity index (χ2n) is 4.86. The molecule has 1 aromatic heterocycles. The van der Waals surface area contributed by atoms with Crippen LogP contribution in [0.2, 0.25) is 0 Å². The Bertz CT molecular complexity index is 607. The van der Waals surface area contributed by atoms with Gasteiger partial charge in [-0.25, -0.2) is 0 Å². The summed E-state index contributed by atoms with van der Waals surface area (Å²) in [5.74, 6) is 1.52. The van der Waals surface area contributed by atoms with Gasteiger partial charge in [-0.2, -0.15) is 0 Å². The first-order valence-electron chi connectivity index (χ1n) is 6.24. The van der Waals surface area contributed by atoms with Gasteiger partial charge >= 0.3 is 0 Å². The van der Waals surface area contributed by atoms with Gasteiger partial charge in [-0.3, -0.25) is 0 Å². The SMILES string of the molecule is COC1=CC2=CC(O)n3cc(C)cc3C2C=C1OC. The first kappa shape index (κ1) is 12.1. The van der Waals surface area contributed by atoms with E-state index in [1.807, 2.05) is 35.9 Å². The molecule has 1 aromatic rings. The fourth-order valence-corrected chi connectivity index (χ4v) is 2.75. The van der Waals surface area contributed by atoms with Crippen LogP contribution >= 0.6 is 0 Å². The zero-order valence-corrected chi connectivity index (χ0v) is 11.3. The van der Waals surface area contributed by atoms with Crippen LogP contribution in [-0.4, -0.2) is 23.9 Å². The molecule has 2 unspecified atom stereocenters. The Balaban J connectivity index is 2.12. The van der Waals surface area contributed by atoms with E-state index in [2.05, 4.69) is 6.07 Å². The Labute approximate surface area is 112 Å². The lowest BCUT2D eigenvalue weighted by Crippen LogP contribution is -2.20. The predicted molar refractivity (Wildman–Crippen MR) is 71.4 cm³/mol. The van der Waals surface area contributed by atoms with Crippen LogP contribution in [0, 0.1) is 6.92 Å². The van der Waals surface area contributed by atoms with Gasteiger partial charge in [0.2, 0.25) is 0 Å². The van der Waals surface area contributed by atoms with Crippen molar-refractivity contribution in [1.82, 2.24) is 4.57 Å². The van der Waals surface area contributed by atoms with Crippen LogP contribution in [0.5, 0.6) is 0 Å².